The van der Waals surface area contributed by atoms with Crippen LogP contribution in [0, 0.1) is 6.92 Å². The van der Waals surface area contributed by atoms with Crippen LogP contribution in [0.5, 0.6) is 0 Å². The van der Waals surface area contributed by atoms with E-state index in [1.165, 1.54) is 37.9 Å². The number of hydrogen-bond acceptors (Lipinski definition) is 4. The van der Waals surface area contributed by atoms with Crippen LogP contribution < -0.4 is 0 Å². The van der Waals surface area contributed by atoms with E-state index in [2.05, 4.69) is 65.6 Å². The van der Waals surface area contributed by atoms with E-state index in [0.29, 0.717) is 5.92 Å². The van der Waals surface area contributed by atoms with Gasteiger partial charge in [0, 0.05) is 25.4 Å². The van der Waals surface area contributed by atoms with E-state index >= 15 is 0 Å². The molecule has 2 heterocycles. The molecule has 0 atom stereocenters. The maximum atomic E-state index is 4.70. The Morgan fingerprint density at radius 3 is 2.44 bits per heavy atom. The summed E-state index contributed by atoms with van der Waals surface area (Å²) in [5.74, 6) is 0.690. The first-order valence-corrected chi connectivity index (χ1v) is 10.3. The van der Waals surface area contributed by atoms with Crippen molar-refractivity contribution < 1.29 is 0 Å². The van der Waals surface area contributed by atoms with Crippen molar-refractivity contribution >= 4 is 45.7 Å². The maximum absolute atomic E-state index is 4.70. The molecule has 0 spiro atoms. The molecular formula is C21H17NS3. The maximum Gasteiger partial charge on any atom is 0.0769 e. The molecular weight excluding hydrogens is 362 g/mol. The van der Waals surface area contributed by atoms with Gasteiger partial charge in [0.15, 0.2) is 0 Å². The highest BCUT2D eigenvalue weighted by atomic mass is 32.1. The largest absolute Gasteiger partial charge is 0.194 e. The van der Waals surface area contributed by atoms with Gasteiger partial charge in [-0.2, -0.15) is 4.99 Å². The van der Waals surface area contributed by atoms with Crippen LogP contribution in [0.4, 0.5) is 5.69 Å². The minimum atomic E-state index is 0.690. The van der Waals surface area contributed by atoms with E-state index in [9.17, 15) is 0 Å². The molecule has 0 bridgehead atoms. The monoisotopic (exact) mass is 379 g/mol. The number of benzene rings is 1. The molecule has 124 valence electrons. The van der Waals surface area contributed by atoms with E-state index in [4.69, 9.17) is 12.2 Å². The molecule has 1 aromatic carbocycles. The summed E-state index contributed by atoms with van der Waals surface area (Å²) in [6, 6.07) is 15.3. The molecule has 2 aromatic heterocycles. The number of aryl methyl sites for hydroxylation is 1. The van der Waals surface area contributed by atoms with E-state index in [1.807, 2.05) is 28.7 Å². The molecule has 0 amide bonds. The van der Waals surface area contributed by atoms with Gasteiger partial charge in [-0.05, 0) is 79.5 Å². The van der Waals surface area contributed by atoms with Crippen LogP contribution in [0.2, 0.25) is 0 Å². The van der Waals surface area contributed by atoms with Crippen molar-refractivity contribution in [1.82, 2.24) is 0 Å². The summed E-state index contributed by atoms with van der Waals surface area (Å²) in [4.78, 5) is 9.61. The van der Waals surface area contributed by atoms with Gasteiger partial charge >= 0.3 is 0 Å². The minimum absolute atomic E-state index is 0.690. The molecule has 1 aliphatic rings. The zero-order valence-electron chi connectivity index (χ0n) is 13.9. The highest BCUT2D eigenvalue weighted by molar-refractivity contribution is 7.78. The Hall–Kier alpha value is -1.84. The van der Waals surface area contributed by atoms with Crippen LogP contribution in [-0.4, -0.2) is 5.16 Å². The number of aliphatic imine (C=N–C) groups is 1. The molecule has 0 saturated heterocycles. The topological polar surface area (TPSA) is 12.4 Å². The fraction of sp³-hybridized carbons (Fsp3) is 0.190. The first kappa shape index (κ1) is 16.6. The lowest BCUT2D eigenvalue weighted by Gasteiger charge is -2.04. The summed E-state index contributed by atoms with van der Waals surface area (Å²) >= 11 is 8.49. The van der Waals surface area contributed by atoms with Crippen LogP contribution in [0.1, 0.15) is 29.2 Å². The van der Waals surface area contributed by atoms with Crippen molar-refractivity contribution in [2.45, 2.75) is 25.7 Å². The Kier molecular flexibility index (Phi) is 4.78. The Balaban J connectivity index is 1.60. The molecule has 0 unspecified atom stereocenters. The molecule has 0 N–H and O–H groups in total. The lowest BCUT2D eigenvalue weighted by Crippen LogP contribution is -1.86. The summed E-state index contributed by atoms with van der Waals surface area (Å²) in [6.07, 6.45) is 6.97. The van der Waals surface area contributed by atoms with E-state index in [0.717, 1.165) is 11.3 Å². The second-order valence-electron chi connectivity index (χ2n) is 6.21. The quantitative estimate of drug-likeness (QED) is 0.258. The van der Waals surface area contributed by atoms with Crippen molar-refractivity contribution in [2.24, 2.45) is 4.99 Å². The fourth-order valence-electron chi connectivity index (χ4n) is 3.16. The number of nitrogens with zero attached hydrogens (tertiary/aromatic N) is 1. The van der Waals surface area contributed by atoms with Gasteiger partial charge in [-0.15, -0.1) is 22.7 Å². The summed E-state index contributed by atoms with van der Waals surface area (Å²) < 4.78 is 0. The molecule has 3 aromatic rings. The lowest BCUT2D eigenvalue weighted by atomic mass is 10.1. The number of rotatable bonds is 4. The van der Waals surface area contributed by atoms with Gasteiger partial charge in [-0.25, -0.2) is 0 Å². The third-order valence-electron chi connectivity index (χ3n) is 4.53. The average Bonchev–Trinajstić information content (AvgIpc) is 3.36. The summed E-state index contributed by atoms with van der Waals surface area (Å²) in [5.41, 5.74) is 3.24. The average molecular weight is 380 g/mol. The Bertz CT molecular complexity index is 978. The van der Waals surface area contributed by atoms with Crippen LogP contribution in [0.15, 0.2) is 59.6 Å². The van der Waals surface area contributed by atoms with Gasteiger partial charge in [0.05, 0.1) is 10.8 Å². The highest BCUT2D eigenvalue weighted by Gasteiger charge is 2.16. The molecule has 0 fully saturated rings. The third-order valence-corrected chi connectivity index (χ3v) is 7.20. The SMILES string of the molecule is Cc1cc(-c2ccc(-c3ccc(C4CC=CC4)s3)s2)ccc1N=C=S. The summed E-state index contributed by atoms with van der Waals surface area (Å²) in [7, 11) is 0. The second-order valence-corrected chi connectivity index (χ2v) is 8.59. The fourth-order valence-corrected chi connectivity index (χ4v) is 5.49. The predicted octanol–water partition coefficient (Wildman–Crippen LogP) is 7.62. The molecule has 1 nitrogen and oxygen atoms in total. The number of isothiocyanates is 1. The second kappa shape index (κ2) is 7.19. The lowest BCUT2D eigenvalue weighted by molar-refractivity contribution is 0.770. The number of thiocarbonyl (C=S) groups is 1. The predicted molar refractivity (Wildman–Crippen MR) is 114 cm³/mol. The molecule has 25 heavy (non-hydrogen) atoms. The molecule has 0 radical (unpaired) electrons. The molecule has 1 aliphatic carbocycles. The van der Waals surface area contributed by atoms with Crippen molar-refractivity contribution in [3.8, 4) is 20.2 Å². The van der Waals surface area contributed by atoms with Crippen molar-refractivity contribution in [3.63, 3.8) is 0 Å². The van der Waals surface area contributed by atoms with Crippen molar-refractivity contribution in [3.05, 3.63) is 65.1 Å². The number of thiophene rings is 2. The van der Waals surface area contributed by atoms with Crippen molar-refractivity contribution in [2.75, 3.05) is 0 Å². The first-order valence-electron chi connectivity index (χ1n) is 8.28. The van der Waals surface area contributed by atoms with E-state index in [-0.39, 0.29) is 0 Å². The van der Waals surface area contributed by atoms with Gasteiger partial charge in [0.1, 0.15) is 0 Å². The normalized spacial score (nSPS) is 14.0. The Morgan fingerprint density at radius 2 is 1.68 bits per heavy atom. The Morgan fingerprint density at radius 1 is 0.960 bits per heavy atom. The molecule has 0 aliphatic heterocycles. The summed E-state index contributed by atoms with van der Waals surface area (Å²) in [6.45, 7) is 2.06. The third kappa shape index (κ3) is 3.44. The van der Waals surface area contributed by atoms with Gasteiger partial charge < -0.3 is 0 Å². The Labute approximate surface area is 161 Å². The molecule has 4 rings (SSSR count). The van der Waals surface area contributed by atoms with E-state index in [1.54, 1.807) is 0 Å². The first-order chi connectivity index (χ1) is 12.2. The molecule has 4 heteroatoms. The standard InChI is InChI=1S/C21H17NS3/c1-14-12-16(6-7-17(14)22-13-23)19-9-11-21(25-19)20-10-8-18(24-20)15-4-2-3-5-15/h2-3,6-12,15H,4-5H2,1H3. The number of hydrogen-bond donors (Lipinski definition) is 0. The van der Waals surface area contributed by atoms with Gasteiger partial charge in [0.25, 0.3) is 0 Å². The van der Waals surface area contributed by atoms with Gasteiger partial charge in [-0.1, -0.05) is 18.2 Å². The van der Waals surface area contributed by atoms with E-state index < -0.39 is 0 Å². The van der Waals surface area contributed by atoms with Crippen LogP contribution in [0.3, 0.4) is 0 Å². The zero-order valence-corrected chi connectivity index (χ0v) is 16.3. The number of allylic oxidation sites excluding steroid dienone is 2. The molecule has 0 saturated carbocycles. The highest BCUT2D eigenvalue weighted by Crippen LogP contribution is 2.41. The smallest absolute Gasteiger partial charge is 0.0769 e. The van der Waals surface area contributed by atoms with Crippen molar-refractivity contribution in [1.29, 1.82) is 0 Å². The van der Waals surface area contributed by atoms with Crippen LogP contribution in [-0.2, 0) is 0 Å². The summed E-state index contributed by atoms with van der Waals surface area (Å²) in [5, 5.41) is 2.44. The van der Waals surface area contributed by atoms with Crippen LogP contribution >= 0.6 is 34.9 Å². The zero-order chi connectivity index (χ0) is 17.2. The van der Waals surface area contributed by atoms with Crippen LogP contribution in [0.25, 0.3) is 20.2 Å². The minimum Gasteiger partial charge on any atom is -0.194 e. The van der Waals surface area contributed by atoms with Gasteiger partial charge in [0.2, 0.25) is 0 Å². The van der Waals surface area contributed by atoms with Gasteiger partial charge in [-0.3, -0.25) is 0 Å².